The molecule has 1 unspecified atom stereocenters. The fraction of sp³-hybridized carbons (Fsp3) is 0.692. The summed E-state index contributed by atoms with van der Waals surface area (Å²) < 4.78 is 0. The number of carbonyl (C=O) groups excluding carboxylic acids is 2. The molecule has 2 aliphatic rings. The Morgan fingerprint density at radius 1 is 1.44 bits per heavy atom. The van der Waals surface area contributed by atoms with Crippen LogP contribution in [-0.2, 0) is 9.59 Å². The lowest BCUT2D eigenvalue weighted by Crippen LogP contribution is -2.21. The summed E-state index contributed by atoms with van der Waals surface area (Å²) >= 11 is 0. The van der Waals surface area contributed by atoms with Crippen molar-refractivity contribution in [2.75, 3.05) is 0 Å². The van der Waals surface area contributed by atoms with Crippen molar-refractivity contribution in [2.45, 2.75) is 45.4 Å². The van der Waals surface area contributed by atoms with Crippen molar-refractivity contribution in [3.05, 3.63) is 12.2 Å². The van der Waals surface area contributed by atoms with Crippen molar-refractivity contribution >= 4 is 11.8 Å². The number of rotatable bonds is 5. The zero-order chi connectivity index (χ0) is 11.6. The first-order valence-corrected chi connectivity index (χ1v) is 6.10. The van der Waals surface area contributed by atoms with E-state index in [1.54, 1.807) is 0 Å². The summed E-state index contributed by atoms with van der Waals surface area (Å²) in [5, 5.41) is 2.35. The Hall–Kier alpha value is -1.12. The normalized spacial score (nSPS) is 27.4. The minimum atomic E-state index is -0.115. The van der Waals surface area contributed by atoms with Crippen molar-refractivity contribution in [2.24, 2.45) is 11.3 Å². The summed E-state index contributed by atoms with van der Waals surface area (Å²) in [5.74, 6) is -0.267. The molecule has 16 heavy (non-hydrogen) atoms. The van der Waals surface area contributed by atoms with Gasteiger partial charge in [-0.1, -0.05) is 19.1 Å². The Kier molecular flexibility index (Phi) is 3.13. The van der Waals surface area contributed by atoms with Crippen LogP contribution in [0.3, 0.4) is 0 Å². The Morgan fingerprint density at radius 3 is 2.75 bits per heavy atom. The molecule has 1 saturated heterocycles. The van der Waals surface area contributed by atoms with Crippen LogP contribution in [0.4, 0.5) is 0 Å². The van der Waals surface area contributed by atoms with Crippen molar-refractivity contribution in [1.82, 2.24) is 5.32 Å². The standard InChI is InChI=1S/C13H19NO2/c1-13(7-8-13)6-4-2-3-5-10-9-11(15)14-12(10)16/h4,6,10H,2-3,5,7-9H2,1H3,(H,14,15,16)/b6-4+. The SMILES string of the molecule is CC1(/C=C/CCCC2CC(=O)NC2=O)CC1. The summed E-state index contributed by atoms with van der Waals surface area (Å²) in [5.41, 5.74) is 0.473. The summed E-state index contributed by atoms with van der Waals surface area (Å²) in [6, 6.07) is 0. The fourth-order valence-electron chi connectivity index (χ4n) is 2.05. The highest BCUT2D eigenvalue weighted by Gasteiger charge is 2.33. The number of carbonyl (C=O) groups is 2. The molecule has 2 rings (SSSR count). The first-order chi connectivity index (χ1) is 7.59. The lowest BCUT2D eigenvalue weighted by molar-refractivity contribution is -0.125. The van der Waals surface area contributed by atoms with Gasteiger partial charge in [-0.25, -0.2) is 0 Å². The maximum atomic E-state index is 11.3. The summed E-state index contributed by atoms with van der Waals surface area (Å²) in [7, 11) is 0. The van der Waals surface area contributed by atoms with Crippen LogP contribution in [0.1, 0.15) is 45.4 Å². The summed E-state index contributed by atoms with van der Waals surface area (Å²) in [4.78, 5) is 22.2. The smallest absolute Gasteiger partial charge is 0.230 e. The monoisotopic (exact) mass is 221 g/mol. The number of unbranched alkanes of at least 4 members (excludes halogenated alkanes) is 1. The topological polar surface area (TPSA) is 46.2 Å². The molecular weight excluding hydrogens is 202 g/mol. The van der Waals surface area contributed by atoms with Crippen LogP contribution in [0.25, 0.3) is 0 Å². The second-order valence-electron chi connectivity index (χ2n) is 5.30. The van der Waals surface area contributed by atoms with Crippen molar-refractivity contribution in [3.63, 3.8) is 0 Å². The van der Waals surface area contributed by atoms with Crippen LogP contribution in [0.2, 0.25) is 0 Å². The van der Waals surface area contributed by atoms with E-state index in [4.69, 9.17) is 0 Å². The quantitative estimate of drug-likeness (QED) is 0.439. The van der Waals surface area contributed by atoms with E-state index in [0.29, 0.717) is 11.8 Å². The molecule has 88 valence electrons. The Labute approximate surface area is 96.3 Å². The van der Waals surface area contributed by atoms with E-state index in [1.807, 2.05) is 0 Å². The van der Waals surface area contributed by atoms with Crippen LogP contribution in [0.15, 0.2) is 12.2 Å². The summed E-state index contributed by atoms with van der Waals surface area (Å²) in [6.07, 6.45) is 10.4. The van der Waals surface area contributed by atoms with Gasteiger partial charge in [0.2, 0.25) is 11.8 Å². The minimum Gasteiger partial charge on any atom is -0.296 e. The predicted octanol–water partition coefficient (Wildman–Crippen LogP) is 2.18. The molecule has 3 heteroatoms. The van der Waals surface area contributed by atoms with Crippen LogP contribution < -0.4 is 5.32 Å². The average Bonchev–Trinajstić information content (AvgIpc) is 2.85. The van der Waals surface area contributed by atoms with Gasteiger partial charge in [-0.3, -0.25) is 14.9 Å². The first-order valence-electron chi connectivity index (χ1n) is 6.10. The van der Waals surface area contributed by atoms with E-state index in [2.05, 4.69) is 24.4 Å². The molecule has 0 aromatic rings. The number of hydrogen-bond donors (Lipinski definition) is 1. The lowest BCUT2D eigenvalue weighted by atomic mass is 10.00. The molecule has 0 radical (unpaired) electrons. The second-order valence-corrected chi connectivity index (χ2v) is 5.30. The Bertz CT molecular complexity index is 329. The third-order valence-corrected chi connectivity index (χ3v) is 3.55. The first kappa shape index (κ1) is 11.4. The Morgan fingerprint density at radius 2 is 2.19 bits per heavy atom. The molecule has 1 N–H and O–H groups in total. The number of hydrogen-bond acceptors (Lipinski definition) is 2. The lowest BCUT2D eigenvalue weighted by Gasteiger charge is -2.03. The van der Waals surface area contributed by atoms with Crippen molar-refractivity contribution in [1.29, 1.82) is 0 Å². The third-order valence-electron chi connectivity index (χ3n) is 3.55. The van der Waals surface area contributed by atoms with Gasteiger partial charge >= 0.3 is 0 Å². The van der Waals surface area contributed by atoms with E-state index in [9.17, 15) is 9.59 Å². The van der Waals surface area contributed by atoms with Gasteiger partial charge in [0.15, 0.2) is 0 Å². The van der Waals surface area contributed by atoms with Gasteiger partial charge in [-0.05, 0) is 37.5 Å². The molecule has 1 heterocycles. The van der Waals surface area contributed by atoms with Crippen LogP contribution >= 0.6 is 0 Å². The second kappa shape index (κ2) is 4.40. The zero-order valence-electron chi connectivity index (χ0n) is 9.79. The molecule has 0 spiro atoms. The molecule has 2 fully saturated rings. The highest BCUT2D eigenvalue weighted by atomic mass is 16.2. The van der Waals surface area contributed by atoms with Gasteiger partial charge in [0.1, 0.15) is 0 Å². The molecular formula is C13H19NO2. The summed E-state index contributed by atoms with van der Waals surface area (Å²) in [6.45, 7) is 2.27. The molecule has 0 bridgehead atoms. The van der Waals surface area contributed by atoms with Gasteiger partial charge in [0.25, 0.3) is 0 Å². The van der Waals surface area contributed by atoms with Gasteiger partial charge in [0, 0.05) is 12.3 Å². The molecule has 1 aliphatic carbocycles. The van der Waals surface area contributed by atoms with Crippen LogP contribution in [0, 0.1) is 11.3 Å². The number of imide groups is 1. The minimum absolute atomic E-state index is 0.0718. The van der Waals surface area contributed by atoms with Crippen molar-refractivity contribution < 1.29 is 9.59 Å². The van der Waals surface area contributed by atoms with E-state index in [0.717, 1.165) is 19.3 Å². The average molecular weight is 221 g/mol. The molecule has 1 saturated carbocycles. The molecule has 2 amide bonds. The fourth-order valence-corrected chi connectivity index (χ4v) is 2.05. The van der Waals surface area contributed by atoms with E-state index >= 15 is 0 Å². The number of amides is 2. The third kappa shape index (κ3) is 2.94. The van der Waals surface area contributed by atoms with Gasteiger partial charge in [0.05, 0.1) is 0 Å². The van der Waals surface area contributed by atoms with E-state index in [1.165, 1.54) is 12.8 Å². The van der Waals surface area contributed by atoms with Crippen molar-refractivity contribution in [3.8, 4) is 0 Å². The maximum absolute atomic E-state index is 11.3. The highest BCUT2D eigenvalue weighted by molar-refractivity contribution is 6.03. The van der Waals surface area contributed by atoms with E-state index < -0.39 is 0 Å². The number of allylic oxidation sites excluding steroid dienone is 2. The Balaban J connectivity index is 1.63. The predicted molar refractivity (Wildman–Crippen MR) is 61.6 cm³/mol. The number of nitrogens with one attached hydrogen (secondary N) is 1. The zero-order valence-corrected chi connectivity index (χ0v) is 9.79. The highest BCUT2D eigenvalue weighted by Crippen LogP contribution is 2.46. The van der Waals surface area contributed by atoms with Crippen LogP contribution in [-0.4, -0.2) is 11.8 Å². The molecule has 0 aromatic carbocycles. The maximum Gasteiger partial charge on any atom is 0.230 e. The van der Waals surface area contributed by atoms with Crippen LogP contribution in [0.5, 0.6) is 0 Å². The largest absolute Gasteiger partial charge is 0.296 e. The molecule has 1 aliphatic heterocycles. The van der Waals surface area contributed by atoms with Gasteiger partial charge in [-0.2, -0.15) is 0 Å². The molecule has 3 nitrogen and oxygen atoms in total. The molecule has 0 aromatic heterocycles. The van der Waals surface area contributed by atoms with Gasteiger partial charge in [-0.15, -0.1) is 0 Å². The molecule has 1 atom stereocenters. The van der Waals surface area contributed by atoms with Gasteiger partial charge < -0.3 is 0 Å². The van der Waals surface area contributed by atoms with E-state index in [-0.39, 0.29) is 17.7 Å².